The van der Waals surface area contributed by atoms with Crippen molar-refractivity contribution in [3.8, 4) is 5.88 Å². The fourth-order valence-electron chi connectivity index (χ4n) is 1.08. The highest BCUT2D eigenvalue weighted by atomic mass is 16.5. The molecule has 1 aromatic heterocycles. The molecule has 0 fully saturated rings. The molecule has 16 heavy (non-hydrogen) atoms. The fraction of sp³-hybridized carbons (Fsp3) is 0.400. The molecule has 1 heterocycles. The average Bonchev–Trinajstić information content (AvgIpc) is 2.28. The third kappa shape index (κ3) is 3.39. The first-order chi connectivity index (χ1) is 7.65. The predicted molar refractivity (Wildman–Crippen MR) is 60.8 cm³/mol. The van der Waals surface area contributed by atoms with E-state index in [0.717, 1.165) is 6.54 Å². The number of amidine groups is 1. The van der Waals surface area contributed by atoms with Gasteiger partial charge in [0, 0.05) is 12.7 Å². The van der Waals surface area contributed by atoms with Gasteiger partial charge in [0.25, 0.3) is 0 Å². The van der Waals surface area contributed by atoms with Gasteiger partial charge in [0.05, 0.1) is 5.56 Å². The van der Waals surface area contributed by atoms with E-state index in [1.807, 2.05) is 19.0 Å². The van der Waals surface area contributed by atoms with Crippen molar-refractivity contribution in [1.29, 1.82) is 0 Å². The number of nitrogens with two attached hydrogens (primary N) is 1. The van der Waals surface area contributed by atoms with E-state index < -0.39 is 0 Å². The van der Waals surface area contributed by atoms with Crippen LogP contribution < -0.4 is 10.5 Å². The zero-order chi connectivity index (χ0) is 12.0. The molecule has 6 nitrogen and oxygen atoms in total. The van der Waals surface area contributed by atoms with Gasteiger partial charge < -0.3 is 20.6 Å². The molecule has 0 saturated carbocycles. The van der Waals surface area contributed by atoms with Crippen LogP contribution in [0.1, 0.15) is 5.56 Å². The summed E-state index contributed by atoms with van der Waals surface area (Å²) < 4.78 is 5.45. The summed E-state index contributed by atoms with van der Waals surface area (Å²) in [5, 5.41) is 11.5. The van der Waals surface area contributed by atoms with E-state index in [9.17, 15) is 0 Å². The number of oxime groups is 1. The molecular formula is C10H16N4O2. The van der Waals surface area contributed by atoms with Crippen LogP contribution in [0.3, 0.4) is 0 Å². The maximum absolute atomic E-state index is 8.60. The molecule has 6 heteroatoms. The van der Waals surface area contributed by atoms with Crippen LogP contribution in [0.4, 0.5) is 0 Å². The SMILES string of the molecule is CN(C)CCOc1ncccc1/C(N)=N/O. The lowest BCUT2D eigenvalue weighted by Gasteiger charge is -2.12. The molecule has 0 radical (unpaired) electrons. The number of rotatable bonds is 5. The molecule has 0 unspecified atom stereocenters. The van der Waals surface area contributed by atoms with E-state index in [1.54, 1.807) is 18.3 Å². The van der Waals surface area contributed by atoms with Crippen molar-refractivity contribution >= 4 is 5.84 Å². The topological polar surface area (TPSA) is 84.0 Å². The van der Waals surface area contributed by atoms with Crippen LogP contribution >= 0.6 is 0 Å². The largest absolute Gasteiger partial charge is 0.476 e. The lowest BCUT2D eigenvalue weighted by molar-refractivity contribution is 0.253. The summed E-state index contributed by atoms with van der Waals surface area (Å²) >= 11 is 0. The quantitative estimate of drug-likeness (QED) is 0.321. The van der Waals surface area contributed by atoms with Gasteiger partial charge in [0.1, 0.15) is 6.61 Å². The van der Waals surface area contributed by atoms with Gasteiger partial charge in [-0.3, -0.25) is 0 Å². The number of ether oxygens (including phenoxy) is 1. The number of nitrogens with zero attached hydrogens (tertiary/aromatic N) is 3. The third-order valence-electron chi connectivity index (χ3n) is 1.93. The number of likely N-dealkylation sites (N-methyl/N-ethyl adjacent to an activating group) is 1. The molecule has 0 bridgehead atoms. The lowest BCUT2D eigenvalue weighted by atomic mass is 10.2. The second-order valence-electron chi connectivity index (χ2n) is 3.49. The first-order valence-electron chi connectivity index (χ1n) is 4.85. The predicted octanol–water partition coefficient (Wildman–Crippen LogP) is 0.116. The van der Waals surface area contributed by atoms with E-state index in [0.29, 0.717) is 18.1 Å². The van der Waals surface area contributed by atoms with Crippen LogP contribution in [-0.2, 0) is 0 Å². The zero-order valence-electron chi connectivity index (χ0n) is 9.42. The maximum atomic E-state index is 8.60. The van der Waals surface area contributed by atoms with Crippen LogP contribution in [0.15, 0.2) is 23.5 Å². The summed E-state index contributed by atoms with van der Waals surface area (Å²) in [6, 6.07) is 3.39. The van der Waals surface area contributed by atoms with Crippen molar-refractivity contribution in [3.05, 3.63) is 23.9 Å². The van der Waals surface area contributed by atoms with E-state index in [2.05, 4.69) is 10.1 Å². The minimum absolute atomic E-state index is 0.00652. The van der Waals surface area contributed by atoms with Crippen LogP contribution in [0.25, 0.3) is 0 Å². The van der Waals surface area contributed by atoms with Gasteiger partial charge in [0.2, 0.25) is 5.88 Å². The molecule has 0 aliphatic carbocycles. The molecule has 0 spiro atoms. The Hall–Kier alpha value is -1.82. The molecule has 88 valence electrons. The van der Waals surface area contributed by atoms with Crippen molar-refractivity contribution in [2.45, 2.75) is 0 Å². The Labute approximate surface area is 94.3 Å². The molecule has 3 N–H and O–H groups in total. The van der Waals surface area contributed by atoms with Crippen molar-refractivity contribution in [2.24, 2.45) is 10.9 Å². The molecule has 0 amide bonds. The normalized spacial score (nSPS) is 11.8. The molecular weight excluding hydrogens is 208 g/mol. The molecule has 0 atom stereocenters. The second kappa shape index (κ2) is 5.92. The third-order valence-corrected chi connectivity index (χ3v) is 1.93. The number of hydrogen-bond donors (Lipinski definition) is 2. The standard InChI is InChI=1S/C10H16N4O2/c1-14(2)6-7-16-10-8(9(11)13-15)4-3-5-12-10/h3-5,15H,6-7H2,1-2H3,(H2,11,13). The Morgan fingerprint density at radius 1 is 1.62 bits per heavy atom. The maximum Gasteiger partial charge on any atom is 0.224 e. The highest BCUT2D eigenvalue weighted by Crippen LogP contribution is 2.13. The van der Waals surface area contributed by atoms with Gasteiger partial charge in [-0.2, -0.15) is 0 Å². The van der Waals surface area contributed by atoms with Gasteiger partial charge in [-0.1, -0.05) is 5.16 Å². The average molecular weight is 224 g/mol. The summed E-state index contributed by atoms with van der Waals surface area (Å²) in [5.74, 6) is 0.368. The molecule has 0 aliphatic heterocycles. The molecule has 0 aliphatic rings. The summed E-state index contributed by atoms with van der Waals surface area (Å²) in [6.07, 6.45) is 1.60. The first-order valence-corrected chi connectivity index (χ1v) is 4.85. The Bertz CT molecular complexity index is 366. The van der Waals surface area contributed by atoms with Gasteiger partial charge in [-0.25, -0.2) is 4.98 Å². The number of aromatic nitrogens is 1. The fourth-order valence-corrected chi connectivity index (χ4v) is 1.08. The Kier molecular flexibility index (Phi) is 4.53. The zero-order valence-corrected chi connectivity index (χ0v) is 9.42. The van der Waals surface area contributed by atoms with Crippen molar-refractivity contribution in [3.63, 3.8) is 0 Å². The van der Waals surface area contributed by atoms with Gasteiger partial charge in [-0.15, -0.1) is 0 Å². The van der Waals surface area contributed by atoms with E-state index in [-0.39, 0.29) is 5.84 Å². The Morgan fingerprint density at radius 3 is 3.00 bits per heavy atom. The molecule has 1 rings (SSSR count). The smallest absolute Gasteiger partial charge is 0.224 e. The lowest BCUT2D eigenvalue weighted by Crippen LogP contribution is -2.21. The van der Waals surface area contributed by atoms with Crippen LogP contribution in [0.5, 0.6) is 5.88 Å². The Morgan fingerprint density at radius 2 is 2.38 bits per heavy atom. The molecule has 1 aromatic rings. The highest BCUT2D eigenvalue weighted by molar-refractivity contribution is 5.98. The first kappa shape index (κ1) is 12.3. The van der Waals surface area contributed by atoms with Crippen LogP contribution in [-0.4, -0.2) is 48.2 Å². The second-order valence-corrected chi connectivity index (χ2v) is 3.49. The summed E-state index contributed by atoms with van der Waals surface area (Å²) in [6.45, 7) is 1.27. The minimum Gasteiger partial charge on any atom is -0.476 e. The van der Waals surface area contributed by atoms with Gasteiger partial charge in [0.15, 0.2) is 5.84 Å². The summed E-state index contributed by atoms with van der Waals surface area (Å²) in [7, 11) is 3.90. The minimum atomic E-state index is -0.00652. The van der Waals surface area contributed by atoms with Gasteiger partial charge in [-0.05, 0) is 26.2 Å². The number of pyridine rings is 1. The van der Waals surface area contributed by atoms with E-state index in [4.69, 9.17) is 15.7 Å². The molecule has 0 saturated heterocycles. The number of hydrogen-bond acceptors (Lipinski definition) is 5. The van der Waals surface area contributed by atoms with E-state index >= 15 is 0 Å². The van der Waals surface area contributed by atoms with Crippen LogP contribution in [0.2, 0.25) is 0 Å². The Balaban J connectivity index is 2.72. The van der Waals surface area contributed by atoms with E-state index in [1.165, 1.54) is 0 Å². The molecule has 0 aromatic carbocycles. The summed E-state index contributed by atoms with van der Waals surface area (Å²) in [4.78, 5) is 6.02. The van der Waals surface area contributed by atoms with Gasteiger partial charge >= 0.3 is 0 Å². The van der Waals surface area contributed by atoms with Crippen molar-refractivity contribution in [2.75, 3.05) is 27.2 Å². The van der Waals surface area contributed by atoms with Crippen LogP contribution in [0, 0.1) is 0 Å². The monoisotopic (exact) mass is 224 g/mol. The van der Waals surface area contributed by atoms with Crippen molar-refractivity contribution in [1.82, 2.24) is 9.88 Å². The summed E-state index contributed by atoms with van der Waals surface area (Å²) in [5.41, 5.74) is 5.99. The van der Waals surface area contributed by atoms with Crippen molar-refractivity contribution < 1.29 is 9.94 Å². The highest BCUT2D eigenvalue weighted by Gasteiger charge is 2.08.